The second-order valence-corrected chi connectivity index (χ2v) is 5.57. The highest BCUT2D eigenvalue weighted by Crippen LogP contribution is 2.42. The smallest absolute Gasteiger partial charge is 0.308 e. The molecule has 2 aliphatic heterocycles. The van der Waals surface area contributed by atoms with E-state index in [1.807, 2.05) is 18.7 Å². The molecule has 5 heteroatoms. The Morgan fingerprint density at radius 2 is 2.00 bits per heavy atom. The molecule has 2 N–H and O–H groups in total. The third kappa shape index (κ3) is 1.82. The number of fused-ring (bicyclic) bond motifs is 2. The van der Waals surface area contributed by atoms with E-state index < -0.39 is 11.5 Å². The molecular weight excluding hydrogens is 220 g/mol. The second kappa shape index (κ2) is 3.98. The van der Waals surface area contributed by atoms with Crippen LogP contribution in [0, 0.1) is 5.92 Å². The predicted octanol–water partition coefficient (Wildman–Crippen LogP) is 0.449. The number of carboxylic acid groups (broad SMARTS) is 1. The summed E-state index contributed by atoms with van der Waals surface area (Å²) >= 11 is 0. The van der Waals surface area contributed by atoms with Crippen LogP contribution in [-0.4, -0.2) is 46.6 Å². The van der Waals surface area contributed by atoms with Crippen molar-refractivity contribution in [3.8, 4) is 0 Å². The Balaban J connectivity index is 2.19. The Morgan fingerprint density at radius 1 is 1.35 bits per heavy atom. The third-order valence-corrected chi connectivity index (χ3v) is 4.25. The zero-order valence-corrected chi connectivity index (χ0v) is 10.6. The quantitative estimate of drug-likeness (QED) is 0.751. The molecule has 96 valence electrons. The Bertz CT molecular complexity index is 354. The van der Waals surface area contributed by atoms with E-state index in [0.717, 1.165) is 12.8 Å². The fourth-order valence-corrected chi connectivity index (χ4v) is 3.00. The van der Waals surface area contributed by atoms with Gasteiger partial charge in [0, 0.05) is 12.1 Å². The zero-order valence-electron chi connectivity index (χ0n) is 10.6. The molecule has 2 fully saturated rings. The van der Waals surface area contributed by atoms with Gasteiger partial charge in [-0.05, 0) is 40.2 Å². The molecule has 0 saturated carbocycles. The van der Waals surface area contributed by atoms with Gasteiger partial charge in [0.25, 0.3) is 0 Å². The van der Waals surface area contributed by atoms with Crippen LogP contribution in [0.3, 0.4) is 0 Å². The van der Waals surface area contributed by atoms with E-state index >= 15 is 0 Å². The Morgan fingerprint density at radius 3 is 2.47 bits per heavy atom. The van der Waals surface area contributed by atoms with Gasteiger partial charge in [-0.1, -0.05) is 0 Å². The summed E-state index contributed by atoms with van der Waals surface area (Å²) in [6.45, 7) is 3.67. The van der Waals surface area contributed by atoms with Crippen molar-refractivity contribution in [1.82, 2.24) is 10.2 Å². The van der Waals surface area contributed by atoms with Gasteiger partial charge >= 0.3 is 5.97 Å². The molecule has 0 aliphatic carbocycles. The van der Waals surface area contributed by atoms with Crippen LogP contribution in [0.15, 0.2) is 0 Å². The lowest BCUT2D eigenvalue weighted by molar-refractivity contribution is -0.144. The normalized spacial score (nSPS) is 31.9. The van der Waals surface area contributed by atoms with Crippen LogP contribution >= 0.6 is 0 Å². The minimum absolute atomic E-state index is 0.0243. The van der Waals surface area contributed by atoms with E-state index in [-0.39, 0.29) is 23.9 Å². The molecule has 0 spiro atoms. The molecule has 0 aromatic heterocycles. The summed E-state index contributed by atoms with van der Waals surface area (Å²) in [5.74, 6) is -1.11. The first kappa shape index (κ1) is 12.4. The fourth-order valence-electron chi connectivity index (χ4n) is 3.00. The maximum Gasteiger partial charge on any atom is 0.308 e. The standard InChI is InChI=1S/C12H20N2O3/c1-12(2,13-3)11(17)14-7-4-5-9(14)8(6-7)10(15)16/h7-9,13H,4-6H2,1-3H3,(H,15,16). The average molecular weight is 240 g/mol. The highest BCUT2D eigenvalue weighted by atomic mass is 16.4. The third-order valence-electron chi connectivity index (χ3n) is 4.25. The maximum absolute atomic E-state index is 12.4. The summed E-state index contributed by atoms with van der Waals surface area (Å²) in [5, 5.41) is 12.1. The van der Waals surface area contributed by atoms with Crippen molar-refractivity contribution < 1.29 is 14.7 Å². The van der Waals surface area contributed by atoms with Gasteiger partial charge in [0.15, 0.2) is 0 Å². The van der Waals surface area contributed by atoms with E-state index in [1.165, 1.54) is 0 Å². The number of carbonyl (C=O) groups is 2. The van der Waals surface area contributed by atoms with Gasteiger partial charge in [0.1, 0.15) is 0 Å². The van der Waals surface area contributed by atoms with Crippen LogP contribution in [0.5, 0.6) is 0 Å². The van der Waals surface area contributed by atoms with E-state index in [0.29, 0.717) is 6.42 Å². The first-order valence-corrected chi connectivity index (χ1v) is 6.13. The van der Waals surface area contributed by atoms with Crippen LogP contribution in [0.25, 0.3) is 0 Å². The van der Waals surface area contributed by atoms with E-state index in [1.54, 1.807) is 7.05 Å². The fraction of sp³-hybridized carbons (Fsp3) is 0.833. The number of nitrogens with one attached hydrogen (secondary N) is 1. The maximum atomic E-state index is 12.4. The van der Waals surface area contributed by atoms with Gasteiger partial charge in [0.05, 0.1) is 11.5 Å². The number of carbonyl (C=O) groups excluding carboxylic acids is 1. The minimum Gasteiger partial charge on any atom is -0.481 e. The number of likely N-dealkylation sites (N-methyl/N-ethyl adjacent to an activating group) is 1. The lowest BCUT2D eigenvalue weighted by Gasteiger charge is -2.32. The van der Waals surface area contributed by atoms with Gasteiger partial charge in [-0.15, -0.1) is 0 Å². The summed E-state index contributed by atoms with van der Waals surface area (Å²) in [4.78, 5) is 25.3. The van der Waals surface area contributed by atoms with Crippen LogP contribution < -0.4 is 5.32 Å². The highest BCUT2D eigenvalue weighted by Gasteiger charge is 2.53. The van der Waals surface area contributed by atoms with Crippen molar-refractivity contribution in [3.05, 3.63) is 0 Å². The lowest BCUT2D eigenvalue weighted by atomic mass is 9.89. The molecule has 2 heterocycles. The van der Waals surface area contributed by atoms with Gasteiger partial charge in [-0.25, -0.2) is 0 Å². The largest absolute Gasteiger partial charge is 0.481 e. The Kier molecular flexibility index (Phi) is 2.89. The molecule has 1 amide bonds. The van der Waals surface area contributed by atoms with E-state index in [4.69, 9.17) is 5.11 Å². The molecule has 2 bridgehead atoms. The summed E-state index contributed by atoms with van der Waals surface area (Å²) in [6, 6.07) is 0.0267. The van der Waals surface area contributed by atoms with E-state index in [9.17, 15) is 9.59 Å². The molecule has 3 unspecified atom stereocenters. The van der Waals surface area contributed by atoms with Crippen molar-refractivity contribution in [2.75, 3.05) is 7.05 Å². The first-order valence-electron chi connectivity index (χ1n) is 6.13. The number of carboxylic acids is 1. The Hall–Kier alpha value is -1.10. The van der Waals surface area contributed by atoms with Gasteiger partial charge in [-0.3, -0.25) is 9.59 Å². The molecule has 2 aliphatic rings. The SMILES string of the molecule is CNC(C)(C)C(=O)N1C2CCC1C(C(=O)O)C2. The highest BCUT2D eigenvalue weighted by molar-refractivity contribution is 5.87. The molecule has 0 radical (unpaired) electrons. The minimum atomic E-state index is -0.766. The molecule has 0 aromatic rings. The van der Waals surface area contributed by atoms with Crippen molar-refractivity contribution in [1.29, 1.82) is 0 Å². The first-order chi connectivity index (χ1) is 7.88. The number of aliphatic carboxylic acids is 1. The van der Waals surface area contributed by atoms with Crippen molar-refractivity contribution in [2.24, 2.45) is 5.92 Å². The van der Waals surface area contributed by atoms with Crippen LogP contribution in [0.1, 0.15) is 33.1 Å². The number of amides is 1. The lowest BCUT2D eigenvalue weighted by Crippen LogP contribution is -2.54. The summed E-state index contributed by atoms with van der Waals surface area (Å²) in [6.07, 6.45) is 2.39. The molecule has 3 atom stereocenters. The Labute approximate surface area is 101 Å². The molecule has 2 rings (SSSR count). The van der Waals surface area contributed by atoms with Gasteiger partial charge in [0.2, 0.25) is 5.91 Å². The van der Waals surface area contributed by atoms with Crippen LogP contribution in [0.4, 0.5) is 0 Å². The molecular formula is C12H20N2O3. The van der Waals surface area contributed by atoms with Crippen LogP contribution in [0.2, 0.25) is 0 Å². The van der Waals surface area contributed by atoms with E-state index in [2.05, 4.69) is 5.32 Å². The van der Waals surface area contributed by atoms with Crippen molar-refractivity contribution in [3.63, 3.8) is 0 Å². The van der Waals surface area contributed by atoms with Crippen molar-refractivity contribution in [2.45, 2.75) is 50.7 Å². The number of hydrogen-bond acceptors (Lipinski definition) is 3. The predicted molar refractivity (Wildman–Crippen MR) is 62.5 cm³/mol. The second-order valence-electron chi connectivity index (χ2n) is 5.57. The number of hydrogen-bond donors (Lipinski definition) is 2. The van der Waals surface area contributed by atoms with Crippen LogP contribution in [-0.2, 0) is 9.59 Å². The summed E-state index contributed by atoms with van der Waals surface area (Å²) in [7, 11) is 1.75. The van der Waals surface area contributed by atoms with Gasteiger partial charge in [-0.2, -0.15) is 0 Å². The summed E-state index contributed by atoms with van der Waals surface area (Å²) in [5.41, 5.74) is -0.617. The van der Waals surface area contributed by atoms with Gasteiger partial charge < -0.3 is 15.3 Å². The number of nitrogens with zero attached hydrogens (tertiary/aromatic N) is 1. The monoisotopic (exact) mass is 240 g/mol. The topological polar surface area (TPSA) is 69.6 Å². The average Bonchev–Trinajstić information content (AvgIpc) is 2.84. The zero-order chi connectivity index (χ0) is 12.8. The molecule has 17 heavy (non-hydrogen) atoms. The van der Waals surface area contributed by atoms with Crippen molar-refractivity contribution >= 4 is 11.9 Å². The summed E-state index contributed by atoms with van der Waals surface area (Å²) < 4.78 is 0. The number of rotatable bonds is 3. The molecule has 5 nitrogen and oxygen atoms in total. The molecule has 0 aromatic carbocycles. The molecule has 2 saturated heterocycles.